The number of imidazole rings is 1. The van der Waals surface area contributed by atoms with Gasteiger partial charge in [-0.1, -0.05) is 80.1 Å². The summed E-state index contributed by atoms with van der Waals surface area (Å²) in [5.74, 6) is -0.591. The standard InChI is InChI=1S/C28H23F3N6O2/c1-2-8-23-24(28(29,30)31)37(26(38)20-9-4-3-5-10-20)27(39)36(23)17-18-13-15-19(16-14-18)21-11-6-7-12-22(21)25-32-34-35-33-25/h3-7,9-16H,2,8,17H2,1H3,(H,32,33,34,35). The maximum atomic E-state index is 14.3. The van der Waals surface area contributed by atoms with E-state index in [-0.39, 0.29) is 28.8 Å². The van der Waals surface area contributed by atoms with Crippen LogP contribution in [0.4, 0.5) is 13.2 Å². The predicted octanol–water partition coefficient (Wildman–Crippen LogP) is 5.21. The van der Waals surface area contributed by atoms with Crippen LogP contribution in [0.3, 0.4) is 0 Å². The van der Waals surface area contributed by atoms with Crippen LogP contribution in [0.15, 0.2) is 83.7 Å². The van der Waals surface area contributed by atoms with Crippen molar-refractivity contribution in [2.45, 2.75) is 32.5 Å². The van der Waals surface area contributed by atoms with Crippen molar-refractivity contribution in [1.29, 1.82) is 0 Å². The number of tetrazole rings is 1. The number of rotatable bonds is 7. The minimum absolute atomic E-state index is 0.00470. The fourth-order valence-corrected chi connectivity index (χ4v) is 4.61. The van der Waals surface area contributed by atoms with Gasteiger partial charge in [-0.3, -0.25) is 9.36 Å². The number of nitrogens with one attached hydrogen (secondary N) is 1. The van der Waals surface area contributed by atoms with Gasteiger partial charge in [-0.25, -0.2) is 9.36 Å². The summed E-state index contributed by atoms with van der Waals surface area (Å²) in [5.41, 5.74) is 0.558. The number of aromatic nitrogens is 6. The Morgan fingerprint density at radius 1 is 0.923 bits per heavy atom. The average Bonchev–Trinajstić information content (AvgIpc) is 3.57. The number of alkyl halides is 3. The number of nitrogens with zero attached hydrogens (tertiary/aromatic N) is 5. The summed E-state index contributed by atoms with van der Waals surface area (Å²) in [4.78, 5) is 26.5. The van der Waals surface area contributed by atoms with Crippen LogP contribution in [-0.2, 0) is 19.1 Å². The topological polar surface area (TPSA) is 98.5 Å². The summed E-state index contributed by atoms with van der Waals surface area (Å²) in [5, 5.41) is 14.1. The van der Waals surface area contributed by atoms with E-state index in [0.29, 0.717) is 17.8 Å². The number of benzene rings is 3. The van der Waals surface area contributed by atoms with Gasteiger partial charge in [-0.2, -0.15) is 18.4 Å². The molecule has 3 aromatic carbocycles. The monoisotopic (exact) mass is 532 g/mol. The zero-order chi connectivity index (χ0) is 27.6. The second kappa shape index (κ2) is 10.5. The van der Waals surface area contributed by atoms with Crippen LogP contribution in [0.1, 0.15) is 40.7 Å². The van der Waals surface area contributed by atoms with Gasteiger partial charge in [0.05, 0.1) is 12.2 Å². The molecule has 0 spiro atoms. The molecule has 0 amide bonds. The van der Waals surface area contributed by atoms with Crippen molar-refractivity contribution in [3.8, 4) is 22.5 Å². The number of hydrogen-bond donors (Lipinski definition) is 1. The first-order valence-corrected chi connectivity index (χ1v) is 12.2. The Labute approximate surface area is 220 Å². The Hall–Kier alpha value is -4.80. The van der Waals surface area contributed by atoms with E-state index in [0.717, 1.165) is 21.3 Å². The van der Waals surface area contributed by atoms with E-state index in [2.05, 4.69) is 20.6 Å². The minimum Gasteiger partial charge on any atom is -0.291 e. The second-order valence-corrected chi connectivity index (χ2v) is 8.90. The number of aromatic amines is 1. The van der Waals surface area contributed by atoms with Crippen molar-refractivity contribution in [2.75, 3.05) is 0 Å². The highest BCUT2D eigenvalue weighted by Crippen LogP contribution is 2.34. The largest absolute Gasteiger partial charge is 0.433 e. The molecule has 0 aliphatic heterocycles. The Kier molecular flexibility index (Phi) is 6.97. The lowest BCUT2D eigenvalue weighted by atomic mass is 9.98. The van der Waals surface area contributed by atoms with Crippen LogP contribution in [0.25, 0.3) is 22.5 Å². The number of halogens is 3. The van der Waals surface area contributed by atoms with Gasteiger partial charge in [0.25, 0.3) is 5.91 Å². The molecule has 0 saturated carbocycles. The van der Waals surface area contributed by atoms with E-state index in [1.807, 2.05) is 36.4 Å². The minimum atomic E-state index is -4.90. The number of carbonyl (C=O) groups is 1. The smallest absolute Gasteiger partial charge is 0.291 e. The third-order valence-electron chi connectivity index (χ3n) is 6.34. The molecule has 0 saturated heterocycles. The Balaban J connectivity index is 1.56. The molecule has 0 radical (unpaired) electrons. The molecule has 8 nitrogen and oxygen atoms in total. The van der Waals surface area contributed by atoms with Crippen LogP contribution >= 0.6 is 0 Å². The number of H-pyrrole nitrogens is 1. The molecule has 5 rings (SSSR count). The van der Waals surface area contributed by atoms with Crippen LogP contribution in [-0.4, -0.2) is 35.7 Å². The molecule has 0 aliphatic rings. The summed E-state index contributed by atoms with van der Waals surface area (Å²) in [6.45, 7) is 1.60. The molecule has 11 heteroatoms. The van der Waals surface area contributed by atoms with Gasteiger partial charge in [0.1, 0.15) is 0 Å². The zero-order valence-corrected chi connectivity index (χ0v) is 20.8. The lowest BCUT2D eigenvalue weighted by molar-refractivity contribution is -0.143. The molecule has 0 atom stereocenters. The third kappa shape index (κ3) is 5.02. The quantitative estimate of drug-likeness (QED) is 0.311. The fraction of sp³-hybridized carbons (Fsp3) is 0.179. The first-order chi connectivity index (χ1) is 18.8. The summed E-state index contributed by atoms with van der Waals surface area (Å²) in [7, 11) is 0. The first-order valence-electron chi connectivity index (χ1n) is 12.2. The van der Waals surface area contributed by atoms with Crippen molar-refractivity contribution in [1.82, 2.24) is 29.8 Å². The van der Waals surface area contributed by atoms with Crippen molar-refractivity contribution in [3.63, 3.8) is 0 Å². The number of carbonyl (C=O) groups excluding carboxylic acids is 1. The molecule has 0 fully saturated rings. The molecule has 2 heterocycles. The highest BCUT2D eigenvalue weighted by atomic mass is 19.4. The molecule has 0 aliphatic carbocycles. The maximum Gasteiger partial charge on any atom is 0.433 e. The normalized spacial score (nSPS) is 11.6. The zero-order valence-electron chi connectivity index (χ0n) is 20.8. The summed E-state index contributed by atoms with van der Waals surface area (Å²) >= 11 is 0. The average molecular weight is 533 g/mol. The van der Waals surface area contributed by atoms with Gasteiger partial charge in [0.15, 0.2) is 5.69 Å². The van der Waals surface area contributed by atoms with E-state index < -0.39 is 23.5 Å². The van der Waals surface area contributed by atoms with E-state index in [4.69, 9.17) is 0 Å². The van der Waals surface area contributed by atoms with E-state index in [9.17, 15) is 22.8 Å². The van der Waals surface area contributed by atoms with E-state index >= 15 is 0 Å². The van der Waals surface area contributed by atoms with Crippen LogP contribution in [0.2, 0.25) is 0 Å². The van der Waals surface area contributed by atoms with Gasteiger partial charge < -0.3 is 0 Å². The molecule has 198 valence electrons. The fourth-order valence-electron chi connectivity index (χ4n) is 4.61. The second-order valence-electron chi connectivity index (χ2n) is 8.90. The summed E-state index contributed by atoms with van der Waals surface area (Å²) in [6.07, 6.45) is -4.56. The molecular weight excluding hydrogens is 509 g/mol. The maximum absolute atomic E-state index is 14.3. The van der Waals surface area contributed by atoms with Gasteiger partial charge in [0, 0.05) is 11.1 Å². The summed E-state index contributed by atoms with van der Waals surface area (Å²) in [6, 6.07) is 22.1. The Morgan fingerprint density at radius 2 is 1.59 bits per heavy atom. The van der Waals surface area contributed by atoms with Gasteiger partial charge >= 0.3 is 11.9 Å². The van der Waals surface area contributed by atoms with E-state index in [1.165, 1.54) is 24.3 Å². The van der Waals surface area contributed by atoms with Crippen LogP contribution in [0, 0.1) is 0 Å². The molecule has 1 N–H and O–H groups in total. The molecule has 39 heavy (non-hydrogen) atoms. The lowest BCUT2D eigenvalue weighted by Crippen LogP contribution is -2.32. The van der Waals surface area contributed by atoms with Crippen LogP contribution < -0.4 is 5.69 Å². The first kappa shape index (κ1) is 25.8. The molecule has 2 aromatic heterocycles. The molecular formula is C28H23F3N6O2. The van der Waals surface area contributed by atoms with Gasteiger partial charge in [-0.05, 0) is 40.5 Å². The van der Waals surface area contributed by atoms with E-state index in [1.54, 1.807) is 25.1 Å². The highest BCUT2D eigenvalue weighted by Gasteiger charge is 2.42. The molecule has 0 bridgehead atoms. The molecule has 0 unspecified atom stereocenters. The van der Waals surface area contributed by atoms with Crippen molar-refractivity contribution < 1.29 is 18.0 Å². The third-order valence-corrected chi connectivity index (χ3v) is 6.34. The molecule has 5 aromatic rings. The highest BCUT2D eigenvalue weighted by molar-refractivity contribution is 5.96. The SMILES string of the molecule is CCCc1c(C(F)(F)F)n(C(=O)c2ccccc2)c(=O)n1Cc1ccc(-c2ccccc2-c2nn[nH]n2)cc1. The van der Waals surface area contributed by atoms with Crippen molar-refractivity contribution in [2.24, 2.45) is 0 Å². The predicted molar refractivity (Wildman–Crippen MR) is 138 cm³/mol. The van der Waals surface area contributed by atoms with Crippen molar-refractivity contribution in [3.05, 3.63) is 112 Å². The van der Waals surface area contributed by atoms with Crippen molar-refractivity contribution >= 4 is 5.91 Å². The Morgan fingerprint density at radius 3 is 2.21 bits per heavy atom. The van der Waals surface area contributed by atoms with Gasteiger partial charge in [0.2, 0.25) is 5.82 Å². The Bertz CT molecular complexity index is 1650. The van der Waals surface area contributed by atoms with Crippen LogP contribution in [0.5, 0.6) is 0 Å². The number of hydrogen-bond acceptors (Lipinski definition) is 5. The lowest BCUT2D eigenvalue weighted by Gasteiger charge is -2.13. The van der Waals surface area contributed by atoms with Gasteiger partial charge in [-0.15, -0.1) is 10.2 Å². The summed E-state index contributed by atoms with van der Waals surface area (Å²) < 4.78 is 44.2.